The van der Waals surface area contributed by atoms with E-state index in [2.05, 4.69) is 48.5 Å². The van der Waals surface area contributed by atoms with Crippen LogP contribution in [0.2, 0.25) is 0 Å². The van der Waals surface area contributed by atoms with E-state index in [-0.39, 0.29) is 5.92 Å². The minimum atomic E-state index is -0.491. The zero-order valence-electron chi connectivity index (χ0n) is 12.3. The van der Waals surface area contributed by atoms with Gasteiger partial charge in [0.15, 0.2) is 0 Å². The van der Waals surface area contributed by atoms with E-state index in [0.717, 1.165) is 12.8 Å². The average Bonchev–Trinajstić information content (AvgIpc) is 2.90. The summed E-state index contributed by atoms with van der Waals surface area (Å²) in [5.74, 6) is 0.406. The van der Waals surface area contributed by atoms with Gasteiger partial charge >= 0.3 is 0 Å². The van der Waals surface area contributed by atoms with Gasteiger partial charge in [-0.2, -0.15) is 0 Å². The largest absolute Gasteiger partial charge is 0.232 e. The highest BCUT2D eigenvalue weighted by Gasteiger charge is 2.38. The smallest absolute Gasteiger partial charge is 0.107 e. The first-order valence-corrected chi connectivity index (χ1v) is 8.20. The second kappa shape index (κ2) is 5.31. The zero-order chi connectivity index (χ0) is 14.2. The summed E-state index contributed by atoms with van der Waals surface area (Å²) in [5, 5.41) is 13.2. The molecule has 1 heteroatoms. The van der Waals surface area contributed by atoms with E-state index in [9.17, 15) is 5.11 Å². The van der Waals surface area contributed by atoms with Gasteiger partial charge in [-0.1, -0.05) is 67.8 Å². The Bertz CT molecular complexity index is 594. The molecule has 21 heavy (non-hydrogen) atoms. The maximum absolute atomic E-state index is 13.2. The lowest BCUT2D eigenvalue weighted by atomic mass is 9.77. The van der Waals surface area contributed by atoms with Crippen molar-refractivity contribution in [1.29, 1.82) is 0 Å². The van der Waals surface area contributed by atoms with Crippen LogP contribution in [-0.4, -0.2) is 6.10 Å². The molecule has 2 aliphatic carbocycles. The number of rotatable bonds is 2. The number of benzene rings is 2. The molecular formula is C20H21O. The highest BCUT2D eigenvalue weighted by Crippen LogP contribution is 2.48. The molecule has 0 heterocycles. The third-order valence-electron chi connectivity index (χ3n) is 5.32. The van der Waals surface area contributed by atoms with Crippen LogP contribution in [-0.2, 0) is 5.11 Å². The van der Waals surface area contributed by atoms with Crippen molar-refractivity contribution >= 4 is 0 Å². The first kappa shape index (κ1) is 13.1. The molecule has 0 N–H and O–H groups in total. The number of fused-ring (bicyclic) bond motifs is 3. The molecule has 1 nitrogen and oxygen atoms in total. The Kier molecular flexibility index (Phi) is 3.31. The van der Waals surface area contributed by atoms with Gasteiger partial charge < -0.3 is 0 Å². The standard InChI is InChI=1S/C20H21O/c21-20(14-8-2-1-3-9-14)19-17-12-6-4-10-15(17)16-11-5-7-13-18(16)19/h4-7,10-14,19-20H,1-3,8-9H2/t20-/m1/s1. The van der Waals surface area contributed by atoms with Crippen LogP contribution in [0.3, 0.4) is 0 Å². The van der Waals surface area contributed by atoms with Crippen molar-refractivity contribution in [2.24, 2.45) is 5.92 Å². The molecule has 0 spiro atoms. The lowest BCUT2D eigenvalue weighted by Crippen LogP contribution is -2.28. The summed E-state index contributed by atoms with van der Waals surface area (Å²) in [6.45, 7) is 0. The highest BCUT2D eigenvalue weighted by atomic mass is 16.3. The van der Waals surface area contributed by atoms with Crippen LogP contribution < -0.4 is 0 Å². The Labute approximate surface area is 126 Å². The van der Waals surface area contributed by atoms with Gasteiger partial charge in [0.05, 0.1) is 0 Å². The molecule has 107 valence electrons. The van der Waals surface area contributed by atoms with E-state index < -0.39 is 6.10 Å². The third kappa shape index (κ3) is 2.11. The van der Waals surface area contributed by atoms with Crippen molar-refractivity contribution in [2.45, 2.75) is 44.1 Å². The molecule has 2 aliphatic rings. The van der Waals surface area contributed by atoms with E-state index in [0.29, 0.717) is 5.92 Å². The van der Waals surface area contributed by atoms with Crippen molar-refractivity contribution in [3.05, 3.63) is 59.7 Å². The molecule has 4 rings (SSSR count). The molecule has 0 saturated heterocycles. The molecule has 1 fully saturated rings. The van der Waals surface area contributed by atoms with Gasteiger partial charge in [0.2, 0.25) is 0 Å². The third-order valence-corrected chi connectivity index (χ3v) is 5.32. The second-order valence-corrected chi connectivity index (χ2v) is 6.51. The Morgan fingerprint density at radius 1 is 0.762 bits per heavy atom. The van der Waals surface area contributed by atoms with Gasteiger partial charge in [-0.3, -0.25) is 0 Å². The molecule has 0 aromatic heterocycles. The van der Waals surface area contributed by atoms with Crippen LogP contribution >= 0.6 is 0 Å². The van der Waals surface area contributed by atoms with Crippen molar-refractivity contribution in [1.82, 2.24) is 0 Å². The summed E-state index contributed by atoms with van der Waals surface area (Å²) in [6, 6.07) is 17.0. The molecule has 0 amide bonds. The summed E-state index contributed by atoms with van der Waals surface area (Å²) < 4.78 is 0. The van der Waals surface area contributed by atoms with Gasteiger partial charge in [0.1, 0.15) is 6.10 Å². The van der Waals surface area contributed by atoms with E-state index in [4.69, 9.17) is 0 Å². The molecule has 2 aromatic carbocycles. The number of hydrogen-bond acceptors (Lipinski definition) is 0. The fraction of sp³-hybridized carbons (Fsp3) is 0.400. The summed E-state index contributed by atoms with van der Waals surface area (Å²) in [6.07, 6.45) is 5.53. The van der Waals surface area contributed by atoms with E-state index >= 15 is 0 Å². The summed E-state index contributed by atoms with van der Waals surface area (Å²) >= 11 is 0. The summed E-state index contributed by atoms with van der Waals surface area (Å²) in [5.41, 5.74) is 5.05. The van der Waals surface area contributed by atoms with Gasteiger partial charge in [0, 0.05) is 5.92 Å². The van der Waals surface area contributed by atoms with Gasteiger partial charge in [-0.05, 0) is 41.0 Å². The Balaban J connectivity index is 1.77. The molecule has 2 aromatic rings. The van der Waals surface area contributed by atoms with Crippen molar-refractivity contribution in [2.75, 3.05) is 0 Å². The van der Waals surface area contributed by atoms with Crippen molar-refractivity contribution in [3.63, 3.8) is 0 Å². The fourth-order valence-electron chi connectivity index (χ4n) is 4.28. The van der Waals surface area contributed by atoms with E-state index in [1.807, 2.05) is 0 Å². The summed E-state index contributed by atoms with van der Waals surface area (Å²) in [7, 11) is 0. The molecule has 0 unspecified atom stereocenters. The Morgan fingerprint density at radius 3 is 1.86 bits per heavy atom. The molecule has 0 bridgehead atoms. The lowest BCUT2D eigenvalue weighted by molar-refractivity contribution is 0.0102. The van der Waals surface area contributed by atoms with E-state index in [1.54, 1.807) is 0 Å². The Hall–Kier alpha value is -1.60. The van der Waals surface area contributed by atoms with Crippen molar-refractivity contribution < 1.29 is 5.11 Å². The normalized spacial score (nSPS) is 20.0. The lowest BCUT2D eigenvalue weighted by Gasteiger charge is -2.30. The highest BCUT2D eigenvalue weighted by molar-refractivity contribution is 5.79. The van der Waals surface area contributed by atoms with Crippen LogP contribution in [0.25, 0.3) is 11.1 Å². The van der Waals surface area contributed by atoms with Crippen LogP contribution in [0.4, 0.5) is 0 Å². The number of hydrogen-bond donors (Lipinski definition) is 0. The average molecular weight is 277 g/mol. The minimum Gasteiger partial charge on any atom is -0.232 e. The van der Waals surface area contributed by atoms with Crippen LogP contribution in [0.1, 0.15) is 49.1 Å². The van der Waals surface area contributed by atoms with Crippen molar-refractivity contribution in [3.8, 4) is 11.1 Å². The van der Waals surface area contributed by atoms with Gasteiger partial charge in [-0.25, -0.2) is 5.11 Å². The monoisotopic (exact) mass is 277 g/mol. The predicted octanol–water partition coefficient (Wildman–Crippen LogP) is 5.18. The molecule has 0 aliphatic heterocycles. The quantitative estimate of drug-likeness (QED) is 0.721. The molecule has 1 saturated carbocycles. The first-order valence-electron chi connectivity index (χ1n) is 8.20. The second-order valence-electron chi connectivity index (χ2n) is 6.51. The first-order chi connectivity index (χ1) is 10.4. The minimum absolute atomic E-state index is 0.0560. The molecular weight excluding hydrogens is 256 g/mol. The predicted molar refractivity (Wildman–Crippen MR) is 84.8 cm³/mol. The van der Waals surface area contributed by atoms with Crippen LogP contribution in [0, 0.1) is 5.92 Å². The summed E-state index contributed by atoms with van der Waals surface area (Å²) in [4.78, 5) is 0. The van der Waals surface area contributed by atoms with Gasteiger partial charge in [0.25, 0.3) is 0 Å². The Morgan fingerprint density at radius 2 is 1.29 bits per heavy atom. The maximum Gasteiger partial charge on any atom is 0.107 e. The zero-order valence-corrected chi connectivity index (χ0v) is 12.3. The SMILES string of the molecule is [O][C@H](C1CCCCC1)C1c2ccccc2-c2ccccc21. The van der Waals surface area contributed by atoms with E-state index in [1.165, 1.54) is 41.5 Å². The fourth-order valence-corrected chi connectivity index (χ4v) is 4.28. The maximum atomic E-state index is 13.2. The molecule has 1 radical (unpaired) electrons. The van der Waals surface area contributed by atoms with Crippen LogP contribution in [0.15, 0.2) is 48.5 Å². The van der Waals surface area contributed by atoms with Gasteiger partial charge in [-0.15, -0.1) is 0 Å². The van der Waals surface area contributed by atoms with Crippen LogP contribution in [0.5, 0.6) is 0 Å². The topological polar surface area (TPSA) is 19.9 Å². The molecule has 1 atom stereocenters.